The fourth-order valence-electron chi connectivity index (χ4n) is 4.78. The lowest BCUT2D eigenvalue weighted by Gasteiger charge is -2.37. The molecule has 0 aliphatic heterocycles. The van der Waals surface area contributed by atoms with E-state index in [0.717, 1.165) is 36.2 Å². The van der Waals surface area contributed by atoms with Crippen LogP contribution in [-0.4, -0.2) is 6.36 Å². The molecule has 0 bridgehead atoms. The summed E-state index contributed by atoms with van der Waals surface area (Å²) in [5.74, 6) is 2.76. The molecule has 0 aromatic heterocycles. The molecule has 2 aliphatic carbocycles. The monoisotopic (exact) mass is 430 g/mol. The number of hydrogen-bond donors (Lipinski definition) is 0. The Kier molecular flexibility index (Phi) is 6.70. The van der Waals surface area contributed by atoms with Gasteiger partial charge in [-0.25, -0.2) is 0 Å². The van der Waals surface area contributed by atoms with Gasteiger partial charge in [-0.1, -0.05) is 34.1 Å². The van der Waals surface area contributed by atoms with E-state index in [4.69, 9.17) is 0 Å². The molecule has 144 valence electrons. The quantitative estimate of drug-likeness (QED) is 0.478. The summed E-state index contributed by atoms with van der Waals surface area (Å²) >= 11 is 3.38. The number of hydrogen-bond acceptors (Lipinski definition) is 1. The van der Waals surface area contributed by atoms with Crippen molar-refractivity contribution in [3.63, 3.8) is 0 Å². The maximum absolute atomic E-state index is 12.3. The third kappa shape index (κ3) is 5.51. The van der Waals surface area contributed by atoms with Crippen LogP contribution in [0.4, 0.5) is 13.2 Å². The lowest BCUT2D eigenvalue weighted by molar-refractivity contribution is -0.274. The van der Waals surface area contributed by atoms with Crippen molar-refractivity contribution in [2.24, 2.45) is 17.8 Å². The second kappa shape index (κ2) is 8.81. The minimum atomic E-state index is -4.62. The highest BCUT2D eigenvalue weighted by atomic mass is 79.9. The second-order valence-corrected chi connectivity index (χ2v) is 8.25. The van der Waals surface area contributed by atoms with E-state index in [-0.39, 0.29) is 5.75 Å². The predicted molar refractivity (Wildman–Crippen MR) is 101 cm³/mol. The van der Waals surface area contributed by atoms with Crippen molar-refractivity contribution in [3.05, 3.63) is 40.9 Å². The molecule has 0 amide bonds. The van der Waals surface area contributed by atoms with Crippen LogP contribution >= 0.6 is 15.9 Å². The molecule has 0 spiro atoms. The van der Waals surface area contributed by atoms with Gasteiger partial charge in [-0.05, 0) is 97.7 Å². The second-order valence-electron chi connectivity index (χ2n) is 7.72. The smallest absolute Gasteiger partial charge is 0.406 e. The van der Waals surface area contributed by atoms with Gasteiger partial charge in [0, 0.05) is 0 Å². The summed E-state index contributed by atoms with van der Waals surface area (Å²) in [4.78, 5) is 1.99. The highest BCUT2D eigenvalue weighted by Gasteiger charge is 2.32. The number of alkyl halides is 3. The first-order valence-corrected chi connectivity index (χ1v) is 10.5. The number of ether oxygens (including phenoxy) is 1. The van der Waals surface area contributed by atoms with Crippen molar-refractivity contribution >= 4 is 15.9 Å². The molecule has 2 fully saturated rings. The van der Waals surface area contributed by atoms with Gasteiger partial charge in [0.05, 0.1) is 0 Å². The zero-order valence-electron chi connectivity index (χ0n) is 14.9. The fraction of sp³-hybridized carbons (Fsp3) is 0.619. The molecular formula is C21H26BrF3O. The molecule has 3 rings (SSSR count). The van der Waals surface area contributed by atoms with Crippen LogP contribution in [0, 0.1) is 17.8 Å². The van der Waals surface area contributed by atoms with Crippen LogP contribution in [0.3, 0.4) is 0 Å². The van der Waals surface area contributed by atoms with Crippen molar-refractivity contribution in [1.82, 2.24) is 0 Å². The average molecular weight is 431 g/mol. The van der Waals surface area contributed by atoms with E-state index in [9.17, 15) is 13.2 Å². The molecule has 1 aromatic carbocycles. The van der Waals surface area contributed by atoms with Crippen LogP contribution in [-0.2, 0) is 0 Å². The first-order chi connectivity index (χ1) is 12.4. The summed E-state index contributed by atoms with van der Waals surface area (Å²) in [6.07, 6.45) is 7.70. The van der Waals surface area contributed by atoms with Crippen LogP contribution < -0.4 is 4.74 Å². The number of halogens is 4. The molecule has 0 heterocycles. The third-order valence-corrected chi connectivity index (χ3v) is 6.49. The summed E-state index contributed by atoms with van der Waals surface area (Å²) in [5.41, 5.74) is 1.14. The topological polar surface area (TPSA) is 9.23 Å². The molecule has 0 atom stereocenters. The Morgan fingerprint density at radius 3 is 1.88 bits per heavy atom. The van der Waals surface area contributed by atoms with E-state index in [0.29, 0.717) is 5.92 Å². The Bertz CT molecular complexity index is 580. The van der Waals surface area contributed by atoms with Crippen molar-refractivity contribution in [2.75, 3.05) is 0 Å². The molecule has 1 nitrogen and oxygen atoms in total. The van der Waals surface area contributed by atoms with Gasteiger partial charge in [0.1, 0.15) is 5.75 Å². The summed E-state index contributed by atoms with van der Waals surface area (Å²) in [6.45, 7) is 0. The van der Waals surface area contributed by atoms with E-state index in [1.807, 2.05) is 4.99 Å². The predicted octanol–water partition coefficient (Wildman–Crippen LogP) is 7.57. The van der Waals surface area contributed by atoms with Gasteiger partial charge in [-0.2, -0.15) is 0 Å². The zero-order valence-corrected chi connectivity index (χ0v) is 16.4. The highest BCUT2D eigenvalue weighted by molar-refractivity contribution is 9.11. The molecule has 0 N–H and O–H groups in total. The molecule has 0 unspecified atom stereocenters. The standard InChI is InChI=1S/C21H26BrF3O/c22-14-13-15-1-3-16(4-2-15)17-5-7-18(8-6-17)19-9-11-20(12-10-19)26-21(23,24)25/h9-18H,1-8H2/b14-13+. The molecule has 0 radical (unpaired) electrons. The molecular weight excluding hydrogens is 405 g/mol. The largest absolute Gasteiger partial charge is 0.573 e. The Morgan fingerprint density at radius 2 is 1.38 bits per heavy atom. The third-order valence-electron chi connectivity index (χ3n) is 6.18. The van der Waals surface area contributed by atoms with Crippen molar-refractivity contribution < 1.29 is 17.9 Å². The van der Waals surface area contributed by atoms with E-state index in [2.05, 4.69) is 26.7 Å². The maximum Gasteiger partial charge on any atom is 0.573 e. The van der Waals surface area contributed by atoms with Crippen molar-refractivity contribution in [2.45, 2.75) is 63.6 Å². The highest BCUT2D eigenvalue weighted by Crippen LogP contribution is 2.44. The molecule has 26 heavy (non-hydrogen) atoms. The van der Waals surface area contributed by atoms with E-state index >= 15 is 0 Å². The van der Waals surface area contributed by atoms with Gasteiger partial charge in [0.25, 0.3) is 0 Å². The summed E-state index contributed by atoms with van der Waals surface area (Å²) in [7, 11) is 0. The first-order valence-electron chi connectivity index (χ1n) is 9.57. The van der Waals surface area contributed by atoms with E-state index in [1.165, 1.54) is 50.7 Å². The van der Waals surface area contributed by atoms with Crippen LogP contribution in [0.15, 0.2) is 35.3 Å². The van der Waals surface area contributed by atoms with Gasteiger partial charge in [0.2, 0.25) is 0 Å². The van der Waals surface area contributed by atoms with Crippen molar-refractivity contribution in [1.29, 1.82) is 0 Å². The van der Waals surface area contributed by atoms with Crippen LogP contribution in [0.1, 0.15) is 62.8 Å². The molecule has 2 aliphatic rings. The Hall–Kier alpha value is -0.970. The fourth-order valence-corrected chi connectivity index (χ4v) is 5.21. The zero-order chi connectivity index (χ0) is 18.6. The van der Waals surface area contributed by atoms with E-state index in [1.54, 1.807) is 12.1 Å². The summed E-state index contributed by atoms with van der Waals surface area (Å²) < 4.78 is 40.7. The minimum Gasteiger partial charge on any atom is -0.406 e. The van der Waals surface area contributed by atoms with Gasteiger partial charge in [0.15, 0.2) is 0 Å². The van der Waals surface area contributed by atoms with E-state index < -0.39 is 6.36 Å². The minimum absolute atomic E-state index is 0.135. The summed E-state index contributed by atoms with van der Waals surface area (Å²) in [5, 5.41) is 0. The van der Waals surface area contributed by atoms with Gasteiger partial charge in [-0.3, -0.25) is 0 Å². The van der Waals surface area contributed by atoms with Gasteiger partial charge < -0.3 is 4.74 Å². The van der Waals surface area contributed by atoms with Crippen LogP contribution in [0.5, 0.6) is 5.75 Å². The number of rotatable bonds is 4. The SMILES string of the molecule is FC(F)(F)Oc1ccc(C2CCC(C3CCC(/C=C/Br)CC3)CC2)cc1. The maximum atomic E-state index is 12.3. The molecule has 5 heteroatoms. The summed E-state index contributed by atoms with van der Waals surface area (Å²) in [6, 6.07) is 6.47. The first kappa shape index (κ1) is 19.8. The van der Waals surface area contributed by atoms with Crippen LogP contribution in [0.2, 0.25) is 0 Å². The Morgan fingerprint density at radius 1 is 0.846 bits per heavy atom. The average Bonchev–Trinajstić information content (AvgIpc) is 2.62. The lowest BCUT2D eigenvalue weighted by Crippen LogP contribution is -2.25. The van der Waals surface area contributed by atoms with Crippen molar-refractivity contribution in [3.8, 4) is 5.75 Å². The number of allylic oxidation sites excluding steroid dienone is 1. The molecule has 2 saturated carbocycles. The van der Waals surface area contributed by atoms with Gasteiger partial charge >= 0.3 is 6.36 Å². The Labute approximate surface area is 162 Å². The Balaban J connectivity index is 1.48. The lowest BCUT2D eigenvalue weighted by atomic mass is 9.68. The van der Waals surface area contributed by atoms with Gasteiger partial charge in [-0.15, -0.1) is 13.2 Å². The normalized spacial score (nSPS) is 30.5. The van der Waals surface area contributed by atoms with Crippen LogP contribution in [0.25, 0.3) is 0 Å². The molecule has 1 aromatic rings. The number of benzene rings is 1. The molecule has 0 saturated heterocycles.